The van der Waals surface area contributed by atoms with Crippen molar-refractivity contribution in [3.05, 3.63) is 28.8 Å². The third kappa shape index (κ3) is 4.08. The highest BCUT2D eigenvalue weighted by Crippen LogP contribution is 2.28. The Kier molecular flexibility index (Phi) is 5.05. The van der Waals surface area contributed by atoms with E-state index in [2.05, 4.69) is 11.9 Å². The number of benzene rings is 1. The lowest BCUT2D eigenvalue weighted by atomic mass is 10.1. The van der Waals surface area contributed by atoms with Gasteiger partial charge in [0.05, 0.1) is 17.7 Å². The summed E-state index contributed by atoms with van der Waals surface area (Å²) in [5, 5.41) is 9.99. The number of hydrogen-bond acceptors (Lipinski definition) is 4. The molecule has 19 heavy (non-hydrogen) atoms. The summed E-state index contributed by atoms with van der Waals surface area (Å²) in [6, 6.07) is 5.34. The molecule has 5 heteroatoms. The third-order valence-electron chi connectivity index (χ3n) is 3.20. The highest BCUT2D eigenvalue weighted by molar-refractivity contribution is 6.32. The van der Waals surface area contributed by atoms with E-state index in [1.165, 1.54) is 0 Å². The molecule has 0 aliphatic carbocycles. The molecule has 4 nitrogen and oxygen atoms in total. The molecule has 1 unspecified atom stereocenters. The van der Waals surface area contributed by atoms with Gasteiger partial charge in [-0.05, 0) is 31.7 Å². The summed E-state index contributed by atoms with van der Waals surface area (Å²) in [7, 11) is 2.07. The van der Waals surface area contributed by atoms with Crippen molar-refractivity contribution < 1.29 is 14.6 Å². The molecule has 1 aliphatic rings. The molecule has 0 spiro atoms. The Bertz CT molecular complexity index is 425. The largest absolute Gasteiger partial charge is 0.489 e. The average molecular weight is 286 g/mol. The summed E-state index contributed by atoms with van der Waals surface area (Å²) in [5.41, 5.74) is 0.783. The second-order valence-corrected chi connectivity index (χ2v) is 5.34. The first-order valence-corrected chi connectivity index (χ1v) is 6.84. The summed E-state index contributed by atoms with van der Waals surface area (Å²) in [4.78, 5) is 2.22. The van der Waals surface area contributed by atoms with Crippen LogP contribution in [0.5, 0.6) is 5.75 Å². The lowest BCUT2D eigenvalue weighted by Gasteiger charge is -2.29. The normalized spacial score (nSPS) is 22.2. The van der Waals surface area contributed by atoms with Gasteiger partial charge in [-0.3, -0.25) is 0 Å². The van der Waals surface area contributed by atoms with Gasteiger partial charge in [-0.15, -0.1) is 0 Å². The van der Waals surface area contributed by atoms with E-state index in [9.17, 15) is 5.11 Å². The van der Waals surface area contributed by atoms with Gasteiger partial charge >= 0.3 is 0 Å². The van der Waals surface area contributed by atoms with Crippen LogP contribution in [-0.2, 0) is 4.74 Å². The van der Waals surface area contributed by atoms with E-state index in [1.54, 1.807) is 19.1 Å². The number of hydrogen-bond donors (Lipinski definition) is 1. The second-order valence-electron chi connectivity index (χ2n) is 4.93. The SMILES string of the molecule is C[C@H](O)c1ccc(OCC2CN(C)CCO2)c(Cl)c1. The zero-order chi connectivity index (χ0) is 13.8. The molecule has 2 rings (SSSR count). The van der Waals surface area contributed by atoms with Crippen LogP contribution in [0.15, 0.2) is 18.2 Å². The molecule has 1 aromatic carbocycles. The first-order valence-electron chi connectivity index (χ1n) is 6.46. The van der Waals surface area contributed by atoms with Gasteiger partial charge < -0.3 is 19.5 Å². The van der Waals surface area contributed by atoms with Crippen molar-refractivity contribution >= 4 is 11.6 Å². The Morgan fingerprint density at radius 1 is 1.58 bits per heavy atom. The maximum Gasteiger partial charge on any atom is 0.138 e. The summed E-state index contributed by atoms with van der Waals surface area (Å²) in [5.74, 6) is 0.628. The van der Waals surface area contributed by atoms with Crippen molar-refractivity contribution in [3.8, 4) is 5.75 Å². The fraction of sp³-hybridized carbons (Fsp3) is 0.571. The summed E-state index contributed by atoms with van der Waals surface area (Å²) >= 11 is 6.13. The highest BCUT2D eigenvalue weighted by atomic mass is 35.5. The summed E-state index contributed by atoms with van der Waals surface area (Å²) in [6.45, 7) is 4.75. The summed E-state index contributed by atoms with van der Waals surface area (Å²) < 4.78 is 11.3. The van der Waals surface area contributed by atoms with Crippen LogP contribution in [0, 0.1) is 0 Å². The lowest BCUT2D eigenvalue weighted by molar-refractivity contribution is -0.0403. The predicted octanol–water partition coefficient (Wildman–Crippen LogP) is 2.10. The molecule has 0 aromatic heterocycles. The van der Waals surface area contributed by atoms with Gasteiger partial charge in [-0.1, -0.05) is 17.7 Å². The zero-order valence-electron chi connectivity index (χ0n) is 11.3. The Balaban J connectivity index is 1.92. The third-order valence-corrected chi connectivity index (χ3v) is 3.50. The van der Waals surface area contributed by atoms with E-state index in [0.29, 0.717) is 17.4 Å². The number of likely N-dealkylation sites (N-methyl/N-ethyl adjacent to an activating group) is 1. The van der Waals surface area contributed by atoms with Gasteiger partial charge in [0.1, 0.15) is 18.5 Å². The number of rotatable bonds is 4. The van der Waals surface area contributed by atoms with Crippen molar-refractivity contribution in [3.63, 3.8) is 0 Å². The van der Waals surface area contributed by atoms with Crippen LogP contribution >= 0.6 is 11.6 Å². The standard InChI is InChI=1S/C14H20ClNO3/c1-10(17)11-3-4-14(13(15)7-11)19-9-12-8-16(2)5-6-18-12/h3-4,7,10,12,17H,5-6,8-9H2,1-2H3/t10-,12?/m0/s1. The number of halogens is 1. The van der Waals surface area contributed by atoms with Gasteiger partial charge in [0.15, 0.2) is 0 Å². The predicted molar refractivity (Wildman–Crippen MR) is 74.8 cm³/mol. The first-order chi connectivity index (χ1) is 9.06. The number of ether oxygens (including phenoxy) is 2. The quantitative estimate of drug-likeness (QED) is 0.920. The Labute approximate surface area is 118 Å². The molecule has 2 atom stereocenters. The van der Waals surface area contributed by atoms with E-state index in [-0.39, 0.29) is 6.10 Å². The van der Waals surface area contributed by atoms with E-state index >= 15 is 0 Å². The van der Waals surface area contributed by atoms with E-state index in [0.717, 1.165) is 25.3 Å². The van der Waals surface area contributed by atoms with Crippen LogP contribution in [0.1, 0.15) is 18.6 Å². The average Bonchev–Trinajstić information content (AvgIpc) is 2.37. The molecule has 1 N–H and O–H groups in total. The molecule has 1 heterocycles. The molecule has 106 valence electrons. The molecule has 1 aromatic rings. The van der Waals surface area contributed by atoms with Gasteiger partial charge in [0.2, 0.25) is 0 Å². The maximum absolute atomic E-state index is 9.48. The molecule has 0 bridgehead atoms. The lowest BCUT2D eigenvalue weighted by Crippen LogP contribution is -2.42. The smallest absolute Gasteiger partial charge is 0.138 e. The first kappa shape index (κ1) is 14.6. The molecule has 0 saturated carbocycles. The van der Waals surface area contributed by atoms with Gasteiger partial charge in [0, 0.05) is 13.1 Å². The number of morpholine rings is 1. The molecule has 1 fully saturated rings. The van der Waals surface area contributed by atoms with Gasteiger partial charge in [0.25, 0.3) is 0 Å². The number of aliphatic hydroxyl groups excluding tert-OH is 1. The number of nitrogens with zero attached hydrogens (tertiary/aromatic N) is 1. The van der Waals surface area contributed by atoms with Crippen LogP contribution in [0.2, 0.25) is 5.02 Å². The molecule has 0 radical (unpaired) electrons. The fourth-order valence-corrected chi connectivity index (χ4v) is 2.29. The van der Waals surface area contributed by atoms with E-state index in [4.69, 9.17) is 21.1 Å². The number of aliphatic hydroxyl groups is 1. The van der Waals surface area contributed by atoms with Crippen molar-refractivity contribution in [1.29, 1.82) is 0 Å². The fourth-order valence-electron chi connectivity index (χ4n) is 2.04. The molecule has 1 saturated heterocycles. The molecular formula is C14H20ClNO3. The minimum Gasteiger partial charge on any atom is -0.489 e. The zero-order valence-corrected chi connectivity index (χ0v) is 12.1. The molecule has 0 amide bonds. The minimum absolute atomic E-state index is 0.0752. The summed E-state index contributed by atoms with van der Waals surface area (Å²) in [6.07, 6.45) is -0.451. The molecular weight excluding hydrogens is 266 g/mol. The van der Waals surface area contributed by atoms with Crippen molar-refractivity contribution in [2.75, 3.05) is 33.4 Å². The van der Waals surface area contributed by atoms with Crippen LogP contribution < -0.4 is 4.74 Å². The van der Waals surface area contributed by atoms with Crippen LogP contribution in [0.4, 0.5) is 0 Å². The molecule has 1 aliphatic heterocycles. The van der Waals surface area contributed by atoms with Crippen molar-refractivity contribution in [1.82, 2.24) is 4.90 Å². The monoisotopic (exact) mass is 285 g/mol. The van der Waals surface area contributed by atoms with Crippen molar-refractivity contribution in [2.45, 2.75) is 19.1 Å². The Morgan fingerprint density at radius 2 is 2.37 bits per heavy atom. The second kappa shape index (κ2) is 6.57. The van der Waals surface area contributed by atoms with Crippen LogP contribution in [0.3, 0.4) is 0 Å². The van der Waals surface area contributed by atoms with Crippen molar-refractivity contribution in [2.24, 2.45) is 0 Å². The van der Waals surface area contributed by atoms with E-state index < -0.39 is 6.10 Å². The van der Waals surface area contributed by atoms with Gasteiger partial charge in [-0.2, -0.15) is 0 Å². The van der Waals surface area contributed by atoms with E-state index in [1.807, 2.05) is 6.07 Å². The van der Waals surface area contributed by atoms with Crippen LogP contribution in [0.25, 0.3) is 0 Å². The van der Waals surface area contributed by atoms with Gasteiger partial charge in [-0.25, -0.2) is 0 Å². The maximum atomic E-state index is 9.48. The topological polar surface area (TPSA) is 41.9 Å². The Morgan fingerprint density at radius 3 is 3.00 bits per heavy atom. The highest BCUT2D eigenvalue weighted by Gasteiger charge is 2.18. The minimum atomic E-state index is -0.526. The Hall–Kier alpha value is -0.810. The van der Waals surface area contributed by atoms with Crippen LogP contribution in [-0.4, -0.2) is 49.5 Å².